The molecule has 1 unspecified atom stereocenters. The van der Waals surface area contributed by atoms with Crippen molar-refractivity contribution in [3.8, 4) is 0 Å². The zero-order chi connectivity index (χ0) is 52.0. The highest BCUT2D eigenvalue weighted by atomic mass is 16.6. The zero-order valence-corrected chi connectivity index (χ0v) is 43.2. The Balaban J connectivity index is 2.15. The summed E-state index contributed by atoms with van der Waals surface area (Å²) in [6.45, 7) is 16.5. The Morgan fingerprint density at radius 1 is 0.465 bits per heavy atom. The van der Waals surface area contributed by atoms with E-state index in [1.54, 1.807) is 4.90 Å². The Bertz CT molecular complexity index is 1360. The van der Waals surface area contributed by atoms with Crippen LogP contribution in [0.5, 0.6) is 0 Å². The van der Waals surface area contributed by atoms with E-state index < -0.39 is 0 Å². The monoisotopic (exact) mass is 1020 g/mol. The van der Waals surface area contributed by atoms with E-state index in [1.807, 2.05) is 27.7 Å². The highest BCUT2D eigenvalue weighted by molar-refractivity contribution is 6.03. The second kappa shape index (κ2) is 45.9. The zero-order valence-electron chi connectivity index (χ0n) is 43.2. The number of nitrogens with zero attached hydrogens (tertiary/aromatic N) is 2. The van der Waals surface area contributed by atoms with Gasteiger partial charge in [-0.1, -0.05) is 27.7 Å². The van der Waals surface area contributed by atoms with E-state index in [1.165, 1.54) is 4.90 Å². The summed E-state index contributed by atoms with van der Waals surface area (Å²) in [5, 5.41) is 11.0. The van der Waals surface area contributed by atoms with Crippen molar-refractivity contribution in [1.29, 1.82) is 0 Å². The highest BCUT2D eigenvalue weighted by Gasteiger charge is 2.40. The molecule has 1 heterocycles. The third-order valence-electron chi connectivity index (χ3n) is 10.4. The molecule has 0 aliphatic carbocycles. The summed E-state index contributed by atoms with van der Waals surface area (Å²) in [5.41, 5.74) is 0. The fraction of sp³-hybridized carbons (Fsp3) is 0.854. The second-order valence-corrected chi connectivity index (χ2v) is 16.6. The van der Waals surface area contributed by atoms with Gasteiger partial charge in [0.25, 0.3) is 0 Å². The number of hydrogen-bond donors (Lipinski definition) is 4. The van der Waals surface area contributed by atoms with Gasteiger partial charge in [0.15, 0.2) is 0 Å². The summed E-state index contributed by atoms with van der Waals surface area (Å²) >= 11 is 0. The topological polar surface area (TPSA) is 266 Å². The van der Waals surface area contributed by atoms with E-state index in [0.717, 1.165) is 12.8 Å². The minimum Gasteiger partial charge on any atom is -0.379 e. The van der Waals surface area contributed by atoms with E-state index >= 15 is 0 Å². The molecule has 1 aliphatic heterocycles. The summed E-state index contributed by atoms with van der Waals surface area (Å²) in [7, 11) is 0. The van der Waals surface area contributed by atoms with E-state index in [-0.39, 0.29) is 125 Å². The molecule has 0 aromatic rings. The predicted octanol–water partition coefficient (Wildman–Crippen LogP) is 0.247. The van der Waals surface area contributed by atoms with Crippen molar-refractivity contribution in [3.63, 3.8) is 0 Å². The van der Waals surface area contributed by atoms with E-state index in [0.29, 0.717) is 145 Å². The normalized spacial score (nSPS) is 13.5. The molecule has 1 rings (SSSR count). The molecular weight excluding hydrogens is 933 g/mol. The first kappa shape index (κ1) is 65.1. The molecule has 4 N–H and O–H groups in total. The Labute approximate surface area is 421 Å². The maximum atomic E-state index is 13.3. The van der Waals surface area contributed by atoms with Gasteiger partial charge in [-0.25, -0.2) is 0 Å². The minimum atomic E-state index is -0.362. The molecule has 23 nitrogen and oxygen atoms in total. The molecule has 71 heavy (non-hydrogen) atoms. The Morgan fingerprint density at radius 3 is 1.10 bits per heavy atom. The fourth-order valence-electron chi connectivity index (χ4n) is 6.46. The Hall–Kier alpha value is -3.91. The van der Waals surface area contributed by atoms with Crippen molar-refractivity contribution < 1.29 is 80.9 Å². The summed E-state index contributed by atoms with van der Waals surface area (Å²) in [4.78, 5) is 88.1. The van der Waals surface area contributed by atoms with Gasteiger partial charge in [0.05, 0.1) is 132 Å². The van der Waals surface area contributed by atoms with E-state index in [9.17, 15) is 33.6 Å². The number of carbonyl (C=O) groups is 7. The third-order valence-corrected chi connectivity index (χ3v) is 10.4. The Kier molecular flexibility index (Phi) is 42.1. The van der Waals surface area contributed by atoms with Gasteiger partial charge in [-0.2, -0.15) is 0 Å². The molecule has 0 bridgehead atoms. The lowest BCUT2D eigenvalue weighted by Gasteiger charge is -2.24. The van der Waals surface area contributed by atoms with Crippen LogP contribution in [0, 0.1) is 11.8 Å². The maximum Gasteiger partial charge on any atom is 0.233 e. The molecule has 0 radical (unpaired) electrons. The van der Waals surface area contributed by atoms with Crippen molar-refractivity contribution in [2.75, 3.05) is 178 Å². The third kappa shape index (κ3) is 37.5. The first-order valence-corrected chi connectivity index (χ1v) is 25.5. The van der Waals surface area contributed by atoms with Gasteiger partial charge in [-0.3, -0.25) is 38.5 Å². The van der Waals surface area contributed by atoms with Crippen LogP contribution < -0.4 is 21.3 Å². The first-order chi connectivity index (χ1) is 34.5. The summed E-state index contributed by atoms with van der Waals surface area (Å²) in [6.07, 6.45) is 3.20. The van der Waals surface area contributed by atoms with Gasteiger partial charge in [0.2, 0.25) is 41.4 Å². The van der Waals surface area contributed by atoms with Crippen LogP contribution in [0.2, 0.25) is 0 Å². The molecule has 1 aliphatic rings. The predicted molar refractivity (Wildman–Crippen MR) is 260 cm³/mol. The maximum absolute atomic E-state index is 13.3. The van der Waals surface area contributed by atoms with Gasteiger partial charge in [-0.15, -0.1) is 0 Å². The van der Waals surface area contributed by atoms with Crippen LogP contribution in [0.4, 0.5) is 0 Å². The van der Waals surface area contributed by atoms with Gasteiger partial charge >= 0.3 is 0 Å². The smallest absolute Gasteiger partial charge is 0.233 e. The van der Waals surface area contributed by atoms with Crippen molar-refractivity contribution in [1.82, 2.24) is 31.1 Å². The van der Waals surface area contributed by atoms with Crippen LogP contribution in [0.15, 0.2) is 0 Å². The summed E-state index contributed by atoms with van der Waals surface area (Å²) in [6, 6.07) is 0. The fourth-order valence-corrected chi connectivity index (χ4v) is 6.46. The molecule has 412 valence electrons. The van der Waals surface area contributed by atoms with Crippen molar-refractivity contribution in [2.45, 2.75) is 79.1 Å². The number of hydrogen-bond acceptors (Lipinski definition) is 17. The molecule has 0 aromatic heterocycles. The number of imide groups is 1. The quantitative estimate of drug-likeness (QED) is 0.0470. The number of nitrogens with one attached hydrogen (secondary N) is 4. The average molecular weight is 1020 g/mol. The molecule has 1 saturated heterocycles. The number of likely N-dealkylation sites (tertiary alicyclic amines) is 1. The summed E-state index contributed by atoms with van der Waals surface area (Å²) < 4.78 is 55.3. The van der Waals surface area contributed by atoms with Crippen LogP contribution in [0.1, 0.15) is 79.1 Å². The largest absolute Gasteiger partial charge is 0.379 e. The molecular formula is C48H88N6O17. The van der Waals surface area contributed by atoms with E-state index in [4.69, 9.17) is 47.4 Å². The molecule has 1 atom stereocenters. The second-order valence-electron chi connectivity index (χ2n) is 16.6. The Morgan fingerprint density at radius 2 is 0.775 bits per heavy atom. The molecule has 23 heteroatoms. The standard InChI is InChI=1S/C48H88N6O17/c1-5-7-42(55)49-12-21-64-23-14-51-44(57)10-19-62-27-31-68-35-37-70-33-29-66-25-17-53(46(59)9-16-54-47(60)39-41(40(3)4)48(54)61)18-26-67-30-34-71-38-36-69-32-28-63-20-11-45(58)52-15-24-65-22-13-50-43(56)8-6-2/h40-41H,5-39H2,1-4H3,(H,49,55)(H,50,56)(H,51,57)(H,52,58). The van der Waals surface area contributed by atoms with Gasteiger partial charge in [0.1, 0.15) is 0 Å². The van der Waals surface area contributed by atoms with Crippen LogP contribution in [0.3, 0.4) is 0 Å². The molecule has 1 fully saturated rings. The van der Waals surface area contributed by atoms with Crippen LogP contribution in [-0.2, 0) is 80.9 Å². The average Bonchev–Trinajstić information content (AvgIpc) is 3.63. The lowest BCUT2D eigenvalue weighted by atomic mass is 9.94. The lowest BCUT2D eigenvalue weighted by molar-refractivity contribution is -0.141. The van der Waals surface area contributed by atoms with Crippen molar-refractivity contribution >= 4 is 41.4 Å². The van der Waals surface area contributed by atoms with Gasteiger partial charge in [0, 0.05) is 90.3 Å². The molecule has 0 saturated carbocycles. The minimum absolute atomic E-state index is 0.00516. The van der Waals surface area contributed by atoms with Crippen molar-refractivity contribution in [3.05, 3.63) is 0 Å². The lowest BCUT2D eigenvalue weighted by Crippen LogP contribution is -2.40. The molecule has 0 aromatic carbocycles. The van der Waals surface area contributed by atoms with Gasteiger partial charge < -0.3 is 73.5 Å². The SMILES string of the molecule is CCCC(=O)NCCOCCNC(=O)CCOCCOCCOCCOCCN(CCOCCOCCOCCOCCC(=O)NCCOCCNC(=O)CCC)C(=O)CCN1C(=O)CC(C(C)C)C1=O. The number of ether oxygens (including phenoxy) is 10. The number of amides is 7. The highest BCUT2D eigenvalue weighted by Crippen LogP contribution is 2.26. The van der Waals surface area contributed by atoms with Crippen molar-refractivity contribution in [2.24, 2.45) is 11.8 Å². The van der Waals surface area contributed by atoms with Crippen LogP contribution in [-0.4, -0.2) is 229 Å². The summed E-state index contributed by atoms with van der Waals surface area (Å²) in [5.74, 6) is -1.30. The number of carbonyl (C=O) groups excluding carboxylic acids is 7. The number of rotatable bonds is 50. The molecule has 7 amide bonds. The molecule has 0 spiro atoms. The first-order valence-electron chi connectivity index (χ1n) is 25.5. The van der Waals surface area contributed by atoms with Crippen LogP contribution >= 0.6 is 0 Å². The van der Waals surface area contributed by atoms with Crippen LogP contribution in [0.25, 0.3) is 0 Å². The van der Waals surface area contributed by atoms with Gasteiger partial charge in [-0.05, 0) is 18.8 Å². The van der Waals surface area contributed by atoms with E-state index in [2.05, 4.69) is 21.3 Å².